The molecule has 43 heavy (non-hydrogen) atoms. The Morgan fingerprint density at radius 3 is 1.60 bits per heavy atom. The third-order valence-corrected chi connectivity index (χ3v) is 6.80. The number of carbonyl (C=O) groups excluding carboxylic acids is 4. The Morgan fingerprint density at radius 2 is 1.14 bits per heavy atom. The molecular weight excluding hydrogens is 591 g/mol. The van der Waals surface area contributed by atoms with E-state index in [1.165, 1.54) is 0 Å². The standard InChI is InChI=1S/C28H33O14P/c1-18(29)34-17-24-25(37-19(2)30)26(38-20(3)31)27(39-21(4)32)28(40-24)41-42-43(33,35-15-22-11-7-5-8-12-22)36-16-23-13-9-6-10-14-23/h5-14,24-28H,15-17H2,1-4H3/t24-,25+,26+,27-,28+/m1/s1. The lowest BCUT2D eigenvalue weighted by Gasteiger charge is -2.43. The van der Waals surface area contributed by atoms with Crippen molar-refractivity contribution in [3.8, 4) is 0 Å². The van der Waals surface area contributed by atoms with Crippen molar-refractivity contribution in [2.75, 3.05) is 6.61 Å². The molecule has 0 unspecified atom stereocenters. The van der Waals surface area contributed by atoms with Crippen LogP contribution in [0.3, 0.4) is 0 Å². The molecular formula is C28H33O14P. The van der Waals surface area contributed by atoms with Crippen molar-refractivity contribution in [2.24, 2.45) is 0 Å². The first-order valence-corrected chi connectivity index (χ1v) is 14.5. The Hall–Kier alpha value is -3.65. The molecule has 0 saturated carbocycles. The van der Waals surface area contributed by atoms with E-state index in [0.29, 0.717) is 11.1 Å². The van der Waals surface area contributed by atoms with E-state index in [0.717, 1.165) is 27.7 Å². The zero-order valence-corrected chi connectivity index (χ0v) is 24.8. The van der Waals surface area contributed by atoms with Gasteiger partial charge < -0.3 is 23.7 Å². The maximum absolute atomic E-state index is 13.7. The number of benzene rings is 2. The van der Waals surface area contributed by atoms with Crippen LogP contribution in [-0.4, -0.2) is 61.2 Å². The van der Waals surface area contributed by atoms with Crippen molar-refractivity contribution < 1.29 is 66.0 Å². The maximum atomic E-state index is 13.7. The topological polar surface area (TPSA) is 168 Å². The minimum absolute atomic E-state index is 0.200. The molecule has 0 bridgehead atoms. The summed E-state index contributed by atoms with van der Waals surface area (Å²) in [6.45, 7) is 3.46. The van der Waals surface area contributed by atoms with Gasteiger partial charge in [-0.3, -0.25) is 28.2 Å². The van der Waals surface area contributed by atoms with Gasteiger partial charge in [-0.05, 0) is 11.1 Å². The molecule has 0 aromatic heterocycles. The summed E-state index contributed by atoms with van der Waals surface area (Å²) in [6.07, 6.45) is -7.64. The average molecular weight is 625 g/mol. The largest absolute Gasteiger partial charge is 0.502 e. The van der Waals surface area contributed by atoms with Gasteiger partial charge in [-0.1, -0.05) is 60.7 Å². The van der Waals surface area contributed by atoms with Crippen molar-refractivity contribution in [1.82, 2.24) is 0 Å². The maximum Gasteiger partial charge on any atom is 0.502 e. The lowest BCUT2D eigenvalue weighted by Crippen LogP contribution is -2.62. The molecule has 0 N–H and O–H groups in total. The molecule has 3 rings (SSSR count). The van der Waals surface area contributed by atoms with Crippen LogP contribution < -0.4 is 0 Å². The van der Waals surface area contributed by atoms with E-state index >= 15 is 0 Å². The molecule has 5 atom stereocenters. The fourth-order valence-electron chi connectivity index (χ4n) is 3.90. The first-order valence-electron chi connectivity index (χ1n) is 13.1. The van der Waals surface area contributed by atoms with E-state index in [4.69, 9.17) is 42.3 Å². The number of esters is 4. The molecule has 2 aromatic rings. The van der Waals surface area contributed by atoms with Crippen LogP contribution in [0.2, 0.25) is 0 Å². The van der Waals surface area contributed by atoms with Gasteiger partial charge in [-0.2, -0.15) is 4.89 Å². The Morgan fingerprint density at radius 1 is 0.674 bits per heavy atom. The van der Waals surface area contributed by atoms with Gasteiger partial charge in [0.1, 0.15) is 12.7 Å². The van der Waals surface area contributed by atoms with E-state index in [2.05, 4.69) is 0 Å². The highest BCUT2D eigenvalue weighted by Crippen LogP contribution is 2.52. The molecule has 1 aliphatic heterocycles. The highest BCUT2D eigenvalue weighted by atomic mass is 31.2. The lowest BCUT2D eigenvalue weighted by atomic mass is 9.98. The van der Waals surface area contributed by atoms with Crippen LogP contribution in [0, 0.1) is 0 Å². The van der Waals surface area contributed by atoms with Gasteiger partial charge in [-0.15, -0.1) is 4.67 Å². The van der Waals surface area contributed by atoms with Gasteiger partial charge in [0.05, 0.1) is 13.2 Å². The highest BCUT2D eigenvalue weighted by Gasteiger charge is 2.54. The number of hydrogen-bond acceptors (Lipinski definition) is 14. The molecule has 1 heterocycles. The van der Waals surface area contributed by atoms with Gasteiger partial charge in [0.15, 0.2) is 18.3 Å². The normalized spacial score (nSPS) is 21.8. The Balaban J connectivity index is 1.89. The predicted molar refractivity (Wildman–Crippen MR) is 144 cm³/mol. The first kappa shape index (κ1) is 33.8. The minimum Gasteiger partial charge on any atom is -0.463 e. The summed E-state index contributed by atoms with van der Waals surface area (Å²) in [6, 6.07) is 17.5. The second-order valence-corrected chi connectivity index (χ2v) is 10.8. The van der Waals surface area contributed by atoms with E-state index < -0.39 is 69.0 Å². The average Bonchev–Trinajstić information content (AvgIpc) is 2.96. The summed E-state index contributed by atoms with van der Waals surface area (Å²) in [5, 5.41) is 0. The zero-order chi connectivity index (χ0) is 31.4. The molecule has 1 saturated heterocycles. The van der Waals surface area contributed by atoms with E-state index in [1.54, 1.807) is 60.7 Å². The van der Waals surface area contributed by atoms with Crippen LogP contribution in [0.1, 0.15) is 38.8 Å². The van der Waals surface area contributed by atoms with Crippen LogP contribution in [0.4, 0.5) is 0 Å². The Kier molecular flexibility index (Phi) is 12.8. The lowest BCUT2D eigenvalue weighted by molar-refractivity contribution is -0.393. The minimum atomic E-state index is -4.53. The number of hydrogen-bond donors (Lipinski definition) is 0. The summed E-state index contributed by atoms with van der Waals surface area (Å²) < 4.78 is 56.7. The van der Waals surface area contributed by atoms with Gasteiger partial charge in [0, 0.05) is 27.7 Å². The van der Waals surface area contributed by atoms with Crippen LogP contribution in [0.15, 0.2) is 60.7 Å². The van der Waals surface area contributed by atoms with Crippen molar-refractivity contribution >= 4 is 31.7 Å². The summed E-state index contributed by atoms with van der Waals surface area (Å²) in [5.74, 6) is -3.19. The van der Waals surface area contributed by atoms with Crippen molar-refractivity contribution in [3.05, 3.63) is 71.8 Å². The molecule has 0 radical (unpaired) electrons. The van der Waals surface area contributed by atoms with Crippen molar-refractivity contribution in [2.45, 2.75) is 71.6 Å². The number of phosphoric acid groups is 1. The number of phosphoric ester groups is 1. The molecule has 1 fully saturated rings. The monoisotopic (exact) mass is 624 g/mol. The fourth-order valence-corrected chi connectivity index (χ4v) is 4.86. The third kappa shape index (κ3) is 11.2. The predicted octanol–water partition coefficient (Wildman–Crippen LogP) is 3.56. The quantitative estimate of drug-likeness (QED) is 0.0983. The van der Waals surface area contributed by atoms with E-state index in [-0.39, 0.29) is 13.2 Å². The fraction of sp³-hybridized carbons (Fsp3) is 0.429. The molecule has 1 aliphatic rings. The number of rotatable bonds is 14. The number of carbonyl (C=O) groups is 4. The smallest absolute Gasteiger partial charge is 0.463 e. The van der Waals surface area contributed by atoms with Gasteiger partial charge in [-0.25, -0.2) is 4.57 Å². The van der Waals surface area contributed by atoms with Gasteiger partial charge in [0.25, 0.3) is 0 Å². The molecule has 0 amide bonds. The first-order chi connectivity index (χ1) is 20.5. The van der Waals surface area contributed by atoms with Crippen LogP contribution in [0.5, 0.6) is 0 Å². The molecule has 0 spiro atoms. The zero-order valence-electron chi connectivity index (χ0n) is 23.9. The molecule has 0 aliphatic carbocycles. The second-order valence-electron chi connectivity index (χ2n) is 9.20. The number of ether oxygens (including phenoxy) is 5. The Labute approximate surface area is 247 Å². The summed E-state index contributed by atoms with van der Waals surface area (Å²) in [5.41, 5.74) is 1.28. The summed E-state index contributed by atoms with van der Waals surface area (Å²) in [7, 11) is -4.53. The van der Waals surface area contributed by atoms with Gasteiger partial charge in [0.2, 0.25) is 6.29 Å². The molecule has 14 nitrogen and oxygen atoms in total. The second kappa shape index (κ2) is 16.3. The van der Waals surface area contributed by atoms with E-state index in [1.807, 2.05) is 0 Å². The van der Waals surface area contributed by atoms with Crippen LogP contribution >= 0.6 is 7.82 Å². The van der Waals surface area contributed by atoms with Gasteiger partial charge >= 0.3 is 31.7 Å². The van der Waals surface area contributed by atoms with E-state index in [9.17, 15) is 23.7 Å². The highest BCUT2D eigenvalue weighted by molar-refractivity contribution is 7.48. The van der Waals surface area contributed by atoms with Crippen molar-refractivity contribution in [3.63, 3.8) is 0 Å². The Bertz CT molecular complexity index is 1220. The van der Waals surface area contributed by atoms with Crippen LogP contribution in [-0.2, 0) is 79.3 Å². The third-order valence-electron chi connectivity index (χ3n) is 5.64. The SMILES string of the molecule is CC(=O)OC[C@H]1O[C@@H](OOP(=O)(OCc2ccccc2)OCc2ccccc2)[C@H](OC(C)=O)[C@@H](OC(C)=O)[C@H]1OC(C)=O. The molecule has 2 aromatic carbocycles. The molecule has 15 heteroatoms. The summed E-state index contributed by atoms with van der Waals surface area (Å²) >= 11 is 0. The molecule has 234 valence electrons. The summed E-state index contributed by atoms with van der Waals surface area (Å²) in [4.78, 5) is 52.9. The van der Waals surface area contributed by atoms with Crippen LogP contribution in [0.25, 0.3) is 0 Å². The van der Waals surface area contributed by atoms with Crippen molar-refractivity contribution in [1.29, 1.82) is 0 Å².